The predicted molar refractivity (Wildman–Crippen MR) is 113 cm³/mol. The van der Waals surface area contributed by atoms with Crippen molar-refractivity contribution in [2.75, 3.05) is 6.61 Å². The first-order valence-electron chi connectivity index (χ1n) is 11.0. The van der Waals surface area contributed by atoms with Gasteiger partial charge in [-0.2, -0.15) is 0 Å². The quantitative estimate of drug-likeness (QED) is 0.659. The van der Waals surface area contributed by atoms with Gasteiger partial charge in [-0.3, -0.25) is 14.4 Å². The number of esters is 1. The fourth-order valence-electron chi connectivity index (χ4n) is 7.71. The van der Waals surface area contributed by atoms with Crippen LogP contribution in [0.1, 0.15) is 47.0 Å². The third-order valence-electron chi connectivity index (χ3n) is 8.64. The van der Waals surface area contributed by atoms with E-state index in [0.29, 0.717) is 12.0 Å². The van der Waals surface area contributed by atoms with E-state index in [4.69, 9.17) is 16.3 Å². The topological polar surface area (TPSA) is 80.7 Å². The number of rotatable bonds is 3. The number of fused-ring (bicyclic) bond motifs is 5. The van der Waals surface area contributed by atoms with Gasteiger partial charge < -0.3 is 9.84 Å². The normalized spacial score (nSPS) is 46.3. The summed E-state index contributed by atoms with van der Waals surface area (Å²) < 4.78 is 20.4. The van der Waals surface area contributed by atoms with E-state index in [9.17, 15) is 19.5 Å². The molecular formula is C24H30ClFO5. The van der Waals surface area contributed by atoms with E-state index in [0.717, 1.165) is 6.42 Å². The number of Topliss-reactive ketones (excluding diaryl/α,β-unsaturated/α-hetero) is 1. The molecule has 0 radical (unpaired) electrons. The standard InChI is InChI=1S/C24H30ClFO5/c1-11-5-14-13-6-17(26)15-7-18(28)16(25)8-23(15,3)22(13)19(29)9-24(14,4)21(11)20(30)10-31-12(2)27/h7-8,11,13-14,17,19,21-22,29H,5-6,9-10H2,1-4H3/t11-,13+,14+,17+,19+,21-,22-,23+,24+/m1/s1. The molecule has 7 heteroatoms. The molecule has 0 amide bonds. The molecule has 1 N–H and O–H groups in total. The first-order chi connectivity index (χ1) is 14.4. The Labute approximate surface area is 187 Å². The molecule has 0 aromatic rings. The minimum Gasteiger partial charge on any atom is -0.458 e. The monoisotopic (exact) mass is 452 g/mol. The number of allylic oxidation sites excluding steroid dienone is 4. The minimum absolute atomic E-state index is 0.0406. The van der Waals surface area contributed by atoms with Crippen molar-refractivity contribution in [2.24, 2.45) is 40.4 Å². The molecule has 4 aliphatic rings. The second kappa shape index (κ2) is 7.51. The van der Waals surface area contributed by atoms with Crippen LogP contribution in [-0.4, -0.2) is 41.5 Å². The summed E-state index contributed by atoms with van der Waals surface area (Å²) in [6.07, 6.45) is 2.25. The first kappa shape index (κ1) is 22.7. The first-order valence-corrected chi connectivity index (χ1v) is 11.4. The number of ether oxygens (including phenoxy) is 1. The molecule has 0 saturated heterocycles. The lowest BCUT2D eigenvalue weighted by Crippen LogP contribution is -2.58. The van der Waals surface area contributed by atoms with Crippen LogP contribution in [0, 0.1) is 40.4 Å². The Hall–Kier alpha value is -1.53. The predicted octanol–water partition coefficient (Wildman–Crippen LogP) is 3.77. The zero-order valence-electron chi connectivity index (χ0n) is 18.4. The molecule has 0 heterocycles. The highest BCUT2D eigenvalue weighted by Gasteiger charge is 2.65. The molecule has 170 valence electrons. The molecule has 3 saturated carbocycles. The summed E-state index contributed by atoms with van der Waals surface area (Å²) in [5.74, 6) is -1.72. The van der Waals surface area contributed by atoms with E-state index in [1.165, 1.54) is 13.0 Å². The second-order valence-corrected chi connectivity index (χ2v) is 10.9. The lowest BCUT2D eigenvalue weighted by molar-refractivity contribution is -0.153. The summed E-state index contributed by atoms with van der Waals surface area (Å²) >= 11 is 6.17. The molecule has 0 unspecified atom stereocenters. The van der Waals surface area contributed by atoms with E-state index >= 15 is 4.39 Å². The Morgan fingerprint density at radius 2 is 2.00 bits per heavy atom. The highest BCUT2D eigenvalue weighted by Crippen LogP contribution is 2.67. The third-order valence-corrected chi connectivity index (χ3v) is 8.93. The van der Waals surface area contributed by atoms with Crippen LogP contribution in [0.15, 0.2) is 22.8 Å². The molecule has 0 aliphatic heterocycles. The number of aliphatic hydroxyl groups is 1. The van der Waals surface area contributed by atoms with Gasteiger partial charge in [0.2, 0.25) is 0 Å². The smallest absolute Gasteiger partial charge is 0.303 e. The molecule has 0 bridgehead atoms. The molecule has 4 aliphatic carbocycles. The van der Waals surface area contributed by atoms with Crippen LogP contribution >= 0.6 is 11.6 Å². The van der Waals surface area contributed by atoms with Crippen LogP contribution in [0.3, 0.4) is 0 Å². The van der Waals surface area contributed by atoms with Crippen LogP contribution in [0.5, 0.6) is 0 Å². The van der Waals surface area contributed by atoms with Crippen molar-refractivity contribution < 1.29 is 28.6 Å². The Bertz CT molecular complexity index is 896. The number of halogens is 2. The van der Waals surface area contributed by atoms with Gasteiger partial charge in [-0.1, -0.05) is 38.4 Å². The van der Waals surface area contributed by atoms with Crippen molar-refractivity contribution in [2.45, 2.75) is 59.2 Å². The van der Waals surface area contributed by atoms with Crippen LogP contribution in [0.25, 0.3) is 0 Å². The maximum atomic E-state index is 15.4. The number of ketones is 2. The van der Waals surface area contributed by atoms with Crippen LogP contribution < -0.4 is 0 Å². The molecule has 0 aromatic heterocycles. The summed E-state index contributed by atoms with van der Waals surface area (Å²) in [5, 5.41) is 11.4. The number of hydrogen-bond donors (Lipinski definition) is 1. The average molecular weight is 453 g/mol. The van der Waals surface area contributed by atoms with Gasteiger partial charge in [-0.25, -0.2) is 4.39 Å². The maximum Gasteiger partial charge on any atom is 0.303 e. The SMILES string of the molecule is CC(=O)OCC(=O)[C@H]1[C@H](C)C[C@H]2[C@@H]3C[C@H](F)C4=CC(=O)C(Cl)=C[C@]4(C)[C@H]3[C@@H](O)C[C@@]21C. The lowest BCUT2D eigenvalue weighted by Gasteiger charge is -2.59. The van der Waals surface area contributed by atoms with E-state index < -0.39 is 34.9 Å². The largest absolute Gasteiger partial charge is 0.458 e. The Kier molecular flexibility index (Phi) is 5.49. The fraction of sp³-hybridized carbons (Fsp3) is 0.708. The van der Waals surface area contributed by atoms with Gasteiger partial charge >= 0.3 is 5.97 Å². The summed E-state index contributed by atoms with van der Waals surface area (Å²) in [6.45, 7) is 6.90. The van der Waals surface area contributed by atoms with E-state index in [1.54, 1.807) is 6.08 Å². The zero-order valence-corrected chi connectivity index (χ0v) is 19.1. The Morgan fingerprint density at radius 1 is 1.32 bits per heavy atom. The number of hydrogen-bond acceptors (Lipinski definition) is 5. The van der Waals surface area contributed by atoms with Crippen molar-refractivity contribution in [1.82, 2.24) is 0 Å². The molecule has 0 aromatic carbocycles. The van der Waals surface area contributed by atoms with Crippen molar-refractivity contribution >= 4 is 29.1 Å². The van der Waals surface area contributed by atoms with E-state index in [1.807, 2.05) is 20.8 Å². The van der Waals surface area contributed by atoms with Crippen molar-refractivity contribution in [1.29, 1.82) is 0 Å². The van der Waals surface area contributed by atoms with Gasteiger partial charge in [0.15, 0.2) is 11.6 Å². The highest BCUT2D eigenvalue weighted by molar-refractivity contribution is 6.44. The Balaban J connectivity index is 1.71. The second-order valence-electron chi connectivity index (χ2n) is 10.5. The van der Waals surface area contributed by atoms with Crippen molar-refractivity contribution in [3.8, 4) is 0 Å². The van der Waals surface area contributed by atoms with Gasteiger partial charge in [0.05, 0.1) is 11.1 Å². The zero-order chi connectivity index (χ0) is 22.9. The molecule has 9 atom stereocenters. The number of carbonyl (C=O) groups excluding carboxylic acids is 3. The van der Waals surface area contributed by atoms with Gasteiger partial charge in [-0.05, 0) is 54.1 Å². The summed E-state index contributed by atoms with van der Waals surface area (Å²) in [5.41, 5.74) is -0.941. The number of carbonyl (C=O) groups is 3. The molecule has 4 rings (SSSR count). The Morgan fingerprint density at radius 3 is 2.65 bits per heavy atom. The minimum atomic E-state index is -1.29. The summed E-state index contributed by atoms with van der Waals surface area (Å²) in [7, 11) is 0. The molecule has 31 heavy (non-hydrogen) atoms. The molecule has 5 nitrogen and oxygen atoms in total. The van der Waals surface area contributed by atoms with Crippen LogP contribution in [0.2, 0.25) is 0 Å². The lowest BCUT2D eigenvalue weighted by atomic mass is 9.46. The average Bonchev–Trinajstić information content (AvgIpc) is 2.91. The van der Waals surface area contributed by atoms with Gasteiger partial charge in [0.25, 0.3) is 0 Å². The van der Waals surface area contributed by atoms with E-state index in [2.05, 4.69) is 0 Å². The van der Waals surface area contributed by atoms with Gasteiger partial charge in [0.1, 0.15) is 12.8 Å². The van der Waals surface area contributed by atoms with Gasteiger partial charge in [0, 0.05) is 24.2 Å². The molecular weight excluding hydrogens is 423 g/mol. The summed E-state index contributed by atoms with van der Waals surface area (Å²) in [4.78, 5) is 36.3. The molecule has 0 spiro atoms. The van der Waals surface area contributed by atoms with Crippen LogP contribution in [-0.2, 0) is 19.1 Å². The van der Waals surface area contributed by atoms with E-state index in [-0.39, 0.29) is 53.4 Å². The van der Waals surface area contributed by atoms with Crippen molar-refractivity contribution in [3.05, 3.63) is 22.8 Å². The van der Waals surface area contributed by atoms with Crippen molar-refractivity contribution in [3.63, 3.8) is 0 Å². The summed E-state index contributed by atoms with van der Waals surface area (Å²) in [6, 6.07) is 0. The van der Waals surface area contributed by atoms with Gasteiger partial charge in [-0.15, -0.1) is 0 Å². The number of aliphatic hydroxyl groups excluding tert-OH is 1. The van der Waals surface area contributed by atoms with Crippen LogP contribution in [0.4, 0.5) is 4.39 Å². The third kappa shape index (κ3) is 3.32. The highest BCUT2D eigenvalue weighted by atomic mass is 35.5. The number of alkyl halides is 1. The fourth-order valence-corrected chi connectivity index (χ4v) is 7.99. The maximum absolute atomic E-state index is 15.4. The molecule has 3 fully saturated rings.